The van der Waals surface area contributed by atoms with E-state index in [2.05, 4.69) is 26.0 Å². The molecule has 2 fully saturated rings. The van der Waals surface area contributed by atoms with Gasteiger partial charge in [-0.2, -0.15) is 5.10 Å². The highest BCUT2D eigenvalue weighted by atomic mass is 16.5. The number of hydrogen-bond donors (Lipinski definition) is 0. The topological polar surface area (TPSA) is 73.1 Å². The van der Waals surface area contributed by atoms with Crippen LogP contribution in [0.15, 0.2) is 36.9 Å². The fraction of sp³-hybridized carbons (Fsp3) is 0.500. The minimum Gasteiger partial charge on any atom is -0.379 e. The van der Waals surface area contributed by atoms with Crippen molar-refractivity contribution in [3.63, 3.8) is 0 Å². The first-order chi connectivity index (χ1) is 15.2. The number of pyridine rings is 2. The van der Waals surface area contributed by atoms with Gasteiger partial charge in [-0.05, 0) is 37.8 Å². The third-order valence-corrected chi connectivity index (χ3v) is 6.73. The number of aromatic nitrogens is 4. The Kier molecular flexibility index (Phi) is 5.78. The summed E-state index contributed by atoms with van der Waals surface area (Å²) in [5.41, 5.74) is 3.72. The monoisotopic (exact) mass is 419 g/mol. The van der Waals surface area contributed by atoms with Gasteiger partial charge in [0.1, 0.15) is 5.78 Å². The third kappa shape index (κ3) is 4.52. The van der Waals surface area contributed by atoms with Crippen molar-refractivity contribution in [3.05, 3.63) is 42.6 Å². The van der Waals surface area contributed by atoms with Crippen LogP contribution in [0.25, 0.3) is 22.0 Å². The Bertz CT molecular complexity index is 1060. The lowest BCUT2D eigenvalue weighted by Gasteiger charge is -2.38. The molecule has 1 aliphatic carbocycles. The minimum atomic E-state index is 0.162. The van der Waals surface area contributed by atoms with Crippen molar-refractivity contribution in [3.8, 4) is 11.1 Å². The first-order valence-corrected chi connectivity index (χ1v) is 11.2. The Morgan fingerprint density at radius 1 is 1.03 bits per heavy atom. The van der Waals surface area contributed by atoms with Gasteiger partial charge in [-0.15, -0.1) is 0 Å². The van der Waals surface area contributed by atoms with E-state index < -0.39 is 0 Å². The molecule has 162 valence electrons. The lowest BCUT2D eigenvalue weighted by molar-refractivity contribution is -0.123. The third-order valence-electron chi connectivity index (χ3n) is 6.73. The van der Waals surface area contributed by atoms with Crippen LogP contribution in [0.3, 0.4) is 0 Å². The lowest BCUT2D eigenvalue weighted by atomic mass is 9.81. The number of carbonyl (C=O) groups is 1. The number of fused-ring (bicyclic) bond motifs is 1. The van der Waals surface area contributed by atoms with Gasteiger partial charge < -0.3 is 4.74 Å². The van der Waals surface area contributed by atoms with Crippen molar-refractivity contribution in [1.82, 2.24) is 24.6 Å². The summed E-state index contributed by atoms with van der Waals surface area (Å²) >= 11 is 0. The summed E-state index contributed by atoms with van der Waals surface area (Å²) < 4.78 is 7.25. The van der Waals surface area contributed by atoms with Crippen LogP contribution in [-0.2, 0) is 23.0 Å². The largest absolute Gasteiger partial charge is 0.379 e. The molecule has 7 heteroatoms. The molecule has 2 aliphatic rings. The van der Waals surface area contributed by atoms with Crippen LogP contribution >= 0.6 is 0 Å². The first kappa shape index (κ1) is 20.3. The van der Waals surface area contributed by atoms with Crippen LogP contribution in [0, 0.1) is 5.92 Å². The summed E-state index contributed by atoms with van der Waals surface area (Å²) in [7, 11) is 1.90. The van der Waals surface area contributed by atoms with E-state index in [0.29, 0.717) is 18.2 Å². The Morgan fingerprint density at radius 3 is 2.58 bits per heavy atom. The molecular weight excluding hydrogens is 390 g/mol. The van der Waals surface area contributed by atoms with Crippen LogP contribution in [0.2, 0.25) is 0 Å². The Labute approximate surface area is 182 Å². The Hall–Kier alpha value is -2.64. The molecule has 0 unspecified atom stereocenters. The van der Waals surface area contributed by atoms with E-state index in [1.165, 1.54) is 0 Å². The van der Waals surface area contributed by atoms with E-state index in [1.54, 1.807) is 10.9 Å². The summed E-state index contributed by atoms with van der Waals surface area (Å²) in [6.45, 7) is 3.73. The van der Waals surface area contributed by atoms with Crippen molar-refractivity contribution in [2.45, 2.75) is 38.1 Å². The summed E-state index contributed by atoms with van der Waals surface area (Å²) in [6, 6.07) is 4.73. The molecule has 3 aromatic heterocycles. The second-order valence-corrected chi connectivity index (χ2v) is 8.79. The number of rotatable bonds is 5. The fourth-order valence-corrected chi connectivity index (χ4v) is 4.93. The van der Waals surface area contributed by atoms with Crippen molar-refractivity contribution in [1.29, 1.82) is 0 Å². The molecule has 5 rings (SSSR count). The summed E-state index contributed by atoms with van der Waals surface area (Å²) in [5, 5.41) is 5.25. The van der Waals surface area contributed by atoms with Gasteiger partial charge in [-0.3, -0.25) is 24.3 Å². The zero-order valence-corrected chi connectivity index (χ0v) is 18.0. The van der Waals surface area contributed by atoms with E-state index in [1.807, 2.05) is 31.7 Å². The van der Waals surface area contributed by atoms with E-state index in [0.717, 1.165) is 79.7 Å². The molecule has 3 aromatic rings. The maximum absolute atomic E-state index is 13.0. The molecule has 0 bridgehead atoms. The zero-order valence-electron chi connectivity index (χ0n) is 18.0. The van der Waals surface area contributed by atoms with Crippen molar-refractivity contribution >= 4 is 16.7 Å². The highest BCUT2D eigenvalue weighted by Gasteiger charge is 2.30. The molecule has 0 amide bonds. The quantitative estimate of drug-likeness (QED) is 0.633. The number of aryl methyl sites for hydroxylation is 1. The predicted molar refractivity (Wildman–Crippen MR) is 119 cm³/mol. The SMILES string of the molecule is Cn1cc(-c2cnc3cnc(CC(=O)C4CCC(N5CCOCC5)CC4)cc3c2)cn1. The number of hydrogen-bond acceptors (Lipinski definition) is 6. The van der Waals surface area contributed by atoms with Crippen molar-refractivity contribution in [2.24, 2.45) is 13.0 Å². The Balaban J connectivity index is 1.24. The predicted octanol–water partition coefficient (Wildman–Crippen LogP) is 3.03. The second kappa shape index (κ2) is 8.85. The van der Waals surface area contributed by atoms with Gasteiger partial charge in [0.05, 0.1) is 31.1 Å². The number of morpholine rings is 1. The molecular formula is C24H29N5O2. The number of Topliss-reactive ketones (excluding diaryl/α,β-unsaturated/α-hetero) is 1. The minimum absolute atomic E-state index is 0.162. The molecule has 4 heterocycles. The van der Waals surface area contributed by atoms with Gasteiger partial charge in [0.2, 0.25) is 0 Å². The molecule has 0 radical (unpaired) electrons. The van der Waals surface area contributed by atoms with Gasteiger partial charge in [0, 0.05) is 73.1 Å². The maximum atomic E-state index is 13.0. The molecule has 1 saturated heterocycles. The zero-order chi connectivity index (χ0) is 21.2. The average Bonchev–Trinajstić information content (AvgIpc) is 3.25. The molecule has 1 saturated carbocycles. The highest BCUT2D eigenvalue weighted by molar-refractivity contribution is 5.86. The molecule has 0 N–H and O–H groups in total. The molecule has 0 spiro atoms. The van der Waals surface area contributed by atoms with Gasteiger partial charge in [-0.1, -0.05) is 0 Å². The number of ketones is 1. The van der Waals surface area contributed by atoms with E-state index in [-0.39, 0.29) is 5.92 Å². The smallest absolute Gasteiger partial charge is 0.141 e. The molecule has 31 heavy (non-hydrogen) atoms. The highest BCUT2D eigenvalue weighted by Crippen LogP contribution is 2.30. The van der Waals surface area contributed by atoms with Crippen LogP contribution in [0.1, 0.15) is 31.4 Å². The molecule has 0 aromatic carbocycles. The fourth-order valence-electron chi connectivity index (χ4n) is 4.93. The van der Waals surface area contributed by atoms with Gasteiger partial charge >= 0.3 is 0 Å². The van der Waals surface area contributed by atoms with E-state index in [4.69, 9.17) is 4.74 Å². The molecule has 7 nitrogen and oxygen atoms in total. The van der Waals surface area contributed by atoms with Gasteiger partial charge in [0.25, 0.3) is 0 Å². The van der Waals surface area contributed by atoms with Gasteiger partial charge in [-0.25, -0.2) is 0 Å². The summed E-state index contributed by atoms with van der Waals surface area (Å²) in [4.78, 5) is 24.6. The lowest BCUT2D eigenvalue weighted by Crippen LogP contribution is -2.45. The first-order valence-electron chi connectivity index (χ1n) is 11.2. The van der Waals surface area contributed by atoms with E-state index >= 15 is 0 Å². The Morgan fingerprint density at radius 2 is 1.84 bits per heavy atom. The molecule has 1 aliphatic heterocycles. The van der Waals surface area contributed by atoms with Crippen LogP contribution in [0.4, 0.5) is 0 Å². The second-order valence-electron chi connectivity index (χ2n) is 8.79. The van der Waals surface area contributed by atoms with Crippen LogP contribution in [0.5, 0.6) is 0 Å². The van der Waals surface area contributed by atoms with Crippen LogP contribution in [-0.4, -0.2) is 62.8 Å². The average molecular weight is 420 g/mol. The van der Waals surface area contributed by atoms with Crippen molar-refractivity contribution in [2.75, 3.05) is 26.3 Å². The standard InChI is InChI=1S/C24H29N5O2/c1-28-16-20(14-27-28)19-10-18-11-21(25-15-23(18)26-13-19)12-24(30)17-2-4-22(5-3-17)29-6-8-31-9-7-29/h10-11,13-17,22H,2-9,12H2,1H3. The number of ether oxygens (including phenoxy) is 1. The summed E-state index contributed by atoms with van der Waals surface area (Å²) in [6.07, 6.45) is 12.0. The number of carbonyl (C=O) groups excluding carboxylic acids is 1. The van der Waals surface area contributed by atoms with Crippen molar-refractivity contribution < 1.29 is 9.53 Å². The maximum Gasteiger partial charge on any atom is 0.141 e. The number of nitrogens with zero attached hydrogens (tertiary/aromatic N) is 5. The van der Waals surface area contributed by atoms with E-state index in [9.17, 15) is 4.79 Å². The van der Waals surface area contributed by atoms with Gasteiger partial charge in [0.15, 0.2) is 0 Å². The molecule has 0 atom stereocenters. The summed E-state index contributed by atoms with van der Waals surface area (Å²) in [5.74, 6) is 0.485. The normalized spacial score (nSPS) is 22.6. The van der Waals surface area contributed by atoms with Crippen LogP contribution < -0.4 is 0 Å².